The summed E-state index contributed by atoms with van der Waals surface area (Å²) >= 11 is 0. The average Bonchev–Trinajstić information content (AvgIpc) is 3.39. The van der Waals surface area contributed by atoms with E-state index in [0.717, 1.165) is 28.7 Å². The Hall–Kier alpha value is -3.15. The summed E-state index contributed by atoms with van der Waals surface area (Å²) in [4.78, 5) is 12.5. The number of hydrogen-bond donors (Lipinski definition) is 0. The van der Waals surface area contributed by atoms with Crippen LogP contribution in [0.25, 0.3) is 5.57 Å². The Morgan fingerprint density at radius 3 is 2.62 bits per heavy atom. The summed E-state index contributed by atoms with van der Waals surface area (Å²) in [5, 5.41) is 0. The molecule has 0 saturated carbocycles. The maximum atomic E-state index is 12.5. The lowest BCUT2D eigenvalue weighted by Crippen LogP contribution is -2.17. The highest BCUT2D eigenvalue weighted by Gasteiger charge is 2.41. The van der Waals surface area contributed by atoms with Crippen LogP contribution in [-0.4, -0.2) is 26.2 Å². The monoisotopic (exact) mass is 350 g/mol. The molecule has 1 aliphatic carbocycles. The summed E-state index contributed by atoms with van der Waals surface area (Å²) in [5.74, 6) is 2.57. The van der Waals surface area contributed by atoms with Gasteiger partial charge in [-0.25, -0.2) is 4.79 Å². The Morgan fingerprint density at radius 1 is 0.846 bits per heavy atom. The second kappa shape index (κ2) is 4.94. The van der Waals surface area contributed by atoms with Crippen LogP contribution in [0.15, 0.2) is 35.9 Å². The summed E-state index contributed by atoms with van der Waals surface area (Å²) in [6.07, 6.45) is 0.751. The first kappa shape index (κ1) is 14.1. The van der Waals surface area contributed by atoms with E-state index in [0.29, 0.717) is 35.2 Å². The number of rotatable bonds is 1. The Kier molecular flexibility index (Phi) is 2.67. The summed E-state index contributed by atoms with van der Waals surface area (Å²) < 4.78 is 27.6. The van der Waals surface area contributed by atoms with E-state index in [1.54, 1.807) is 0 Å². The second-order valence-electron chi connectivity index (χ2n) is 6.69. The molecule has 3 heterocycles. The van der Waals surface area contributed by atoms with Crippen molar-refractivity contribution >= 4 is 11.5 Å². The Balaban J connectivity index is 1.65. The van der Waals surface area contributed by atoms with Gasteiger partial charge in [-0.3, -0.25) is 0 Å². The molecule has 0 spiro atoms. The molecule has 26 heavy (non-hydrogen) atoms. The molecule has 2 aromatic rings. The molecule has 1 saturated heterocycles. The molecule has 6 rings (SSSR count). The van der Waals surface area contributed by atoms with E-state index < -0.39 is 0 Å². The molecule has 0 amide bonds. The first-order valence-corrected chi connectivity index (χ1v) is 8.53. The topological polar surface area (TPSA) is 63.2 Å². The molecule has 2 aromatic carbocycles. The number of hydrogen-bond acceptors (Lipinski definition) is 6. The molecule has 130 valence electrons. The molecule has 1 atom stereocenters. The SMILES string of the molecule is O=C1OC[C@@H]2Cc3ccc4c(c3C(c3ccc5c(c3)OCO5)=C12)OCO4. The van der Waals surface area contributed by atoms with Crippen molar-refractivity contribution in [2.75, 3.05) is 20.2 Å². The van der Waals surface area contributed by atoms with Crippen molar-refractivity contribution < 1.29 is 28.5 Å². The van der Waals surface area contributed by atoms with Crippen LogP contribution in [0, 0.1) is 5.92 Å². The number of carbonyl (C=O) groups is 1. The van der Waals surface area contributed by atoms with E-state index >= 15 is 0 Å². The molecule has 3 aliphatic heterocycles. The van der Waals surface area contributed by atoms with Gasteiger partial charge in [0.2, 0.25) is 13.6 Å². The van der Waals surface area contributed by atoms with Crippen molar-refractivity contribution in [3.63, 3.8) is 0 Å². The van der Waals surface area contributed by atoms with Crippen LogP contribution in [0.3, 0.4) is 0 Å². The van der Waals surface area contributed by atoms with Crippen molar-refractivity contribution in [1.82, 2.24) is 0 Å². The second-order valence-corrected chi connectivity index (χ2v) is 6.69. The third-order valence-electron chi connectivity index (χ3n) is 5.32. The zero-order valence-corrected chi connectivity index (χ0v) is 13.7. The molecular weight excluding hydrogens is 336 g/mol. The Morgan fingerprint density at radius 2 is 1.65 bits per heavy atom. The third kappa shape index (κ3) is 1.78. The highest BCUT2D eigenvalue weighted by Crippen LogP contribution is 2.51. The number of benzene rings is 2. The number of esters is 1. The number of ether oxygens (including phenoxy) is 5. The van der Waals surface area contributed by atoms with Gasteiger partial charge in [-0.2, -0.15) is 0 Å². The smallest absolute Gasteiger partial charge is 0.335 e. The van der Waals surface area contributed by atoms with Gasteiger partial charge in [-0.15, -0.1) is 0 Å². The minimum Gasteiger partial charge on any atom is -0.462 e. The van der Waals surface area contributed by atoms with Crippen molar-refractivity contribution in [3.05, 3.63) is 52.6 Å². The van der Waals surface area contributed by atoms with E-state index in [-0.39, 0.29) is 25.5 Å². The van der Waals surface area contributed by atoms with Gasteiger partial charge in [-0.05, 0) is 35.7 Å². The van der Waals surface area contributed by atoms with Gasteiger partial charge in [0.15, 0.2) is 23.0 Å². The van der Waals surface area contributed by atoms with Gasteiger partial charge in [0.05, 0.1) is 12.2 Å². The first-order chi connectivity index (χ1) is 12.8. The minimum absolute atomic E-state index is 0.0517. The predicted octanol–water partition coefficient (Wildman–Crippen LogP) is 2.68. The molecule has 4 aliphatic rings. The van der Waals surface area contributed by atoms with Gasteiger partial charge < -0.3 is 23.7 Å². The normalized spacial score (nSPS) is 21.5. The van der Waals surface area contributed by atoms with E-state index in [4.69, 9.17) is 23.7 Å². The Bertz CT molecular complexity index is 1010. The molecule has 0 N–H and O–H groups in total. The maximum absolute atomic E-state index is 12.5. The molecule has 0 radical (unpaired) electrons. The fraction of sp³-hybridized carbons (Fsp3) is 0.250. The number of carbonyl (C=O) groups excluding carboxylic acids is 1. The Labute approximate surface area is 148 Å². The fourth-order valence-electron chi connectivity index (χ4n) is 4.18. The summed E-state index contributed by atoms with van der Waals surface area (Å²) in [6.45, 7) is 0.803. The maximum Gasteiger partial charge on any atom is 0.335 e. The van der Waals surface area contributed by atoms with Gasteiger partial charge in [0.25, 0.3) is 0 Å². The highest BCUT2D eigenvalue weighted by atomic mass is 16.7. The first-order valence-electron chi connectivity index (χ1n) is 8.53. The molecule has 1 fully saturated rings. The lowest BCUT2D eigenvalue weighted by Gasteiger charge is -2.25. The number of cyclic esters (lactones) is 1. The van der Waals surface area contributed by atoms with Crippen LogP contribution >= 0.6 is 0 Å². The molecule has 6 heteroatoms. The lowest BCUT2D eigenvalue weighted by molar-refractivity contribution is -0.135. The average molecular weight is 350 g/mol. The van der Waals surface area contributed by atoms with Crippen molar-refractivity contribution in [2.45, 2.75) is 6.42 Å². The van der Waals surface area contributed by atoms with Crippen molar-refractivity contribution in [1.29, 1.82) is 0 Å². The van der Waals surface area contributed by atoms with E-state index in [2.05, 4.69) is 6.07 Å². The molecule has 0 aromatic heterocycles. The summed E-state index contributed by atoms with van der Waals surface area (Å²) in [7, 11) is 0. The van der Waals surface area contributed by atoms with Gasteiger partial charge in [0, 0.05) is 17.1 Å². The zero-order chi connectivity index (χ0) is 17.3. The van der Waals surface area contributed by atoms with Crippen LogP contribution in [0.2, 0.25) is 0 Å². The quantitative estimate of drug-likeness (QED) is 0.737. The zero-order valence-electron chi connectivity index (χ0n) is 13.7. The van der Waals surface area contributed by atoms with E-state index in [1.165, 1.54) is 0 Å². The standard InChI is InChI=1S/C20H14O6/c21-20-18-12(7-22-20)5-10-2-4-14-19(26-9-24-14)17(10)16(18)11-1-3-13-15(6-11)25-8-23-13/h1-4,6,12H,5,7-9H2/t12-/m0/s1. The third-order valence-corrected chi connectivity index (χ3v) is 5.32. The van der Waals surface area contributed by atoms with Crippen LogP contribution in [0.4, 0.5) is 0 Å². The predicted molar refractivity (Wildman–Crippen MR) is 89.3 cm³/mol. The van der Waals surface area contributed by atoms with Gasteiger partial charge >= 0.3 is 5.97 Å². The summed E-state index contributed by atoms with van der Waals surface area (Å²) in [5.41, 5.74) is 4.50. The summed E-state index contributed by atoms with van der Waals surface area (Å²) in [6, 6.07) is 9.71. The van der Waals surface area contributed by atoms with Crippen LogP contribution in [-0.2, 0) is 16.0 Å². The van der Waals surface area contributed by atoms with Crippen LogP contribution < -0.4 is 18.9 Å². The molecule has 0 bridgehead atoms. The van der Waals surface area contributed by atoms with E-state index in [1.807, 2.05) is 24.3 Å². The van der Waals surface area contributed by atoms with Crippen LogP contribution in [0.5, 0.6) is 23.0 Å². The molecule has 6 nitrogen and oxygen atoms in total. The van der Waals surface area contributed by atoms with Crippen molar-refractivity contribution in [3.8, 4) is 23.0 Å². The lowest BCUT2D eigenvalue weighted by atomic mass is 9.77. The number of fused-ring (bicyclic) bond motifs is 5. The van der Waals surface area contributed by atoms with Crippen molar-refractivity contribution in [2.24, 2.45) is 5.92 Å². The molecule has 0 unspecified atom stereocenters. The fourth-order valence-corrected chi connectivity index (χ4v) is 4.18. The van der Waals surface area contributed by atoms with Gasteiger partial charge in [0.1, 0.15) is 0 Å². The minimum atomic E-state index is -0.259. The largest absolute Gasteiger partial charge is 0.462 e. The van der Waals surface area contributed by atoms with Crippen LogP contribution in [0.1, 0.15) is 16.7 Å². The van der Waals surface area contributed by atoms with Gasteiger partial charge in [-0.1, -0.05) is 12.1 Å². The van der Waals surface area contributed by atoms with E-state index in [9.17, 15) is 4.79 Å². The molecular formula is C20H14O6. The highest BCUT2D eigenvalue weighted by molar-refractivity contribution is 6.06.